The molecule has 0 spiro atoms. The van der Waals surface area contributed by atoms with Crippen LogP contribution in [0.3, 0.4) is 0 Å². The van der Waals surface area contributed by atoms with Crippen LogP contribution in [0.4, 0.5) is 0 Å². The number of halogens is 2. The largest absolute Gasteiger partial charge is 0.480 e. The normalized spacial score (nSPS) is 16.2. The number of nitrogens with zero attached hydrogens (tertiary/aromatic N) is 1. The van der Waals surface area contributed by atoms with Crippen molar-refractivity contribution in [2.45, 2.75) is 16.1 Å². The number of ether oxygens (including phenoxy) is 12. The Labute approximate surface area is 311 Å². The summed E-state index contributed by atoms with van der Waals surface area (Å²) < 4.78 is 64.6. The zero-order valence-electron chi connectivity index (χ0n) is 28.8. The lowest BCUT2D eigenvalue weighted by Crippen LogP contribution is -2.32. The molecule has 2 atom stereocenters. The van der Waals surface area contributed by atoms with Crippen LogP contribution in [0.2, 0.25) is 0 Å². The number of hydrogen-bond donors (Lipinski definition) is 1. The Morgan fingerprint density at radius 2 is 0.660 bits per heavy atom. The molecular formula is C31H55Br2NO16. The Morgan fingerprint density at radius 1 is 0.440 bits per heavy atom. The first-order valence-corrected chi connectivity index (χ1v) is 18.6. The molecule has 2 amide bonds. The van der Waals surface area contributed by atoms with Crippen molar-refractivity contribution < 1.29 is 76.3 Å². The molecule has 0 bridgehead atoms. The first-order chi connectivity index (χ1) is 24.4. The lowest BCUT2D eigenvalue weighted by atomic mass is 10.4. The van der Waals surface area contributed by atoms with E-state index in [9.17, 15) is 14.4 Å². The summed E-state index contributed by atoms with van der Waals surface area (Å²) in [5.74, 6) is -1.44. The van der Waals surface area contributed by atoms with Crippen LogP contribution in [0.1, 0.15) is 6.42 Å². The molecule has 0 aromatic heterocycles. The lowest BCUT2D eigenvalue weighted by molar-refractivity contribution is -0.143. The molecule has 0 aromatic rings. The molecular weight excluding hydrogens is 802 g/mol. The first-order valence-electron chi connectivity index (χ1n) is 16.7. The van der Waals surface area contributed by atoms with Gasteiger partial charge in [0.15, 0.2) is 0 Å². The van der Waals surface area contributed by atoms with E-state index in [0.29, 0.717) is 158 Å². The van der Waals surface area contributed by atoms with Gasteiger partial charge >= 0.3 is 5.97 Å². The second-order valence-electron chi connectivity index (χ2n) is 10.2. The van der Waals surface area contributed by atoms with Crippen LogP contribution in [0, 0.1) is 0 Å². The smallest absolute Gasteiger partial charge is 0.329 e. The summed E-state index contributed by atoms with van der Waals surface area (Å²) in [6.45, 7) is 10.2. The van der Waals surface area contributed by atoms with Crippen molar-refractivity contribution in [2.24, 2.45) is 0 Å². The quantitative estimate of drug-likeness (QED) is 0.0513. The van der Waals surface area contributed by atoms with Gasteiger partial charge in [-0.3, -0.25) is 14.5 Å². The molecule has 2 unspecified atom stereocenters. The minimum absolute atomic E-state index is 0.222. The van der Waals surface area contributed by atoms with E-state index in [1.807, 2.05) is 0 Å². The monoisotopic (exact) mass is 855 g/mol. The van der Waals surface area contributed by atoms with E-state index in [-0.39, 0.29) is 25.0 Å². The fourth-order valence-electron chi connectivity index (χ4n) is 3.78. The number of imide groups is 1. The average molecular weight is 858 g/mol. The van der Waals surface area contributed by atoms with Crippen molar-refractivity contribution in [1.82, 2.24) is 4.90 Å². The number of rotatable bonds is 39. The Balaban J connectivity index is 1.64. The fourth-order valence-corrected chi connectivity index (χ4v) is 4.73. The van der Waals surface area contributed by atoms with Gasteiger partial charge in [-0.25, -0.2) is 4.79 Å². The van der Waals surface area contributed by atoms with Crippen molar-refractivity contribution in [3.05, 3.63) is 0 Å². The summed E-state index contributed by atoms with van der Waals surface area (Å²) in [5.41, 5.74) is 0. The number of alkyl halides is 2. The molecule has 0 saturated carbocycles. The summed E-state index contributed by atoms with van der Waals surface area (Å²) in [4.78, 5) is 34.5. The van der Waals surface area contributed by atoms with Crippen molar-refractivity contribution in [2.75, 3.05) is 165 Å². The van der Waals surface area contributed by atoms with Crippen LogP contribution in [0.5, 0.6) is 0 Å². The van der Waals surface area contributed by atoms with Gasteiger partial charge in [0.25, 0.3) is 0 Å². The molecule has 19 heteroatoms. The lowest BCUT2D eigenvalue weighted by Gasteiger charge is -2.13. The zero-order chi connectivity index (χ0) is 36.3. The maximum absolute atomic E-state index is 12.0. The van der Waals surface area contributed by atoms with Gasteiger partial charge in [-0.15, -0.1) is 0 Å². The van der Waals surface area contributed by atoms with Gasteiger partial charge < -0.3 is 61.9 Å². The minimum Gasteiger partial charge on any atom is -0.480 e. The number of carboxylic acids is 1. The Hall–Kier alpha value is -0.910. The van der Waals surface area contributed by atoms with Crippen molar-refractivity contribution in [3.8, 4) is 0 Å². The van der Waals surface area contributed by atoms with E-state index >= 15 is 0 Å². The van der Waals surface area contributed by atoms with Gasteiger partial charge in [-0.05, 0) is 6.42 Å². The number of carbonyl (C=O) groups excluding carboxylic acids is 2. The molecule has 17 nitrogen and oxygen atoms in total. The SMILES string of the molecule is O=C(O)COCCOCCOCCOCCOCCOCCOCCOCCOCCOCCOCCOCCCN1C(=O)C(Br)C(Br)C1=O. The van der Waals surface area contributed by atoms with Gasteiger partial charge in [0.05, 0.1) is 145 Å². The van der Waals surface area contributed by atoms with Crippen LogP contribution >= 0.6 is 31.9 Å². The van der Waals surface area contributed by atoms with E-state index < -0.39 is 15.6 Å². The van der Waals surface area contributed by atoms with Crippen LogP contribution < -0.4 is 0 Å². The highest BCUT2D eigenvalue weighted by Crippen LogP contribution is 2.26. The molecule has 1 N–H and O–H groups in total. The van der Waals surface area contributed by atoms with Gasteiger partial charge in [-0.2, -0.15) is 0 Å². The van der Waals surface area contributed by atoms with Crippen LogP contribution in [-0.2, 0) is 71.2 Å². The fraction of sp³-hybridized carbons (Fsp3) is 0.903. The number of carbonyl (C=O) groups is 3. The van der Waals surface area contributed by atoms with Gasteiger partial charge in [-0.1, -0.05) is 31.9 Å². The van der Waals surface area contributed by atoms with Crippen LogP contribution in [0.15, 0.2) is 0 Å². The molecule has 0 aliphatic carbocycles. The van der Waals surface area contributed by atoms with Gasteiger partial charge in [0, 0.05) is 13.2 Å². The maximum atomic E-state index is 12.0. The van der Waals surface area contributed by atoms with Gasteiger partial charge in [0.1, 0.15) is 16.3 Å². The van der Waals surface area contributed by atoms with Gasteiger partial charge in [0.2, 0.25) is 11.8 Å². The number of likely N-dealkylation sites (tertiary alicyclic amines) is 1. The van der Waals surface area contributed by atoms with E-state index in [1.54, 1.807) is 0 Å². The molecule has 0 radical (unpaired) electrons. The van der Waals surface area contributed by atoms with E-state index in [4.69, 9.17) is 61.9 Å². The molecule has 1 rings (SSSR count). The Kier molecular flexibility index (Phi) is 33.1. The number of amides is 2. The summed E-state index contributed by atoms with van der Waals surface area (Å²) in [6, 6.07) is 0. The molecule has 50 heavy (non-hydrogen) atoms. The highest BCUT2D eigenvalue weighted by molar-refractivity contribution is 9.12. The minimum atomic E-state index is -1.00. The molecule has 1 fully saturated rings. The van der Waals surface area contributed by atoms with Crippen molar-refractivity contribution in [3.63, 3.8) is 0 Å². The highest BCUT2D eigenvalue weighted by atomic mass is 79.9. The molecule has 1 heterocycles. The zero-order valence-corrected chi connectivity index (χ0v) is 32.0. The summed E-state index contributed by atoms with van der Waals surface area (Å²) in [6.07, 6.45) is 0.573. The average Bonchev–Trinajstić information content (AvgIpc) is 3.28. The topological polar surface area (TPSA) is 185 Å². The molecule has 1 aliphatic heterocycles. The maximum Gasteiger partial charge on any atom is 0.329 e. The summed E-state index contributed by atoms with van der Waals surface area (Å²) >= 11 is 6.44. The first kappa shape index (κ1) is 47.1. The highest BCUT2D eigenvalue weighted by Gasteiger charge is 2.44. The molecule has 0 aromatic carbocycles. The summed E-state index contributed by atoms with van der Waals surface area (Å²) in [7, 11) is 0. The molecule has 294 valence electrons. The molecule has 1 aliphatic rings. The third-order valence-electron chi connectivity index (χ3n) is 6.25. The predicted octanol–water partition coefficient (Wildman–Crippen LogP) is 0.556. The third-order valence-corrected chi connectivity index (χ3v) is 8.80. The van der Waals surface area contributed by atoms with E-state index in [1.165, 1.54) is 4.90 Å². The number of hydrogen-bond acceptors (Lipinski definition) is 15. The number of carboxylic acid groups (broad SMARTS) is 1. The van der Waals surface area contributed by atoms with E-state index in [2.05, 4.69) is 31.9 Å². The number of aliphatic carboxylic acids is 1. The molecule has 1 saturated heterocycles. The predicted molar refractivity (Wildman–Crippen MR) is 184 cm³/mol. The van der Waals surface area contributed by atoms with Crippen molar-refractivity contribution >= 4 is 49.6 Å². The third kappa shape index (κ3) is 27.7. The second kappa shape index (κ2) is 35.1. The Bertz CT molecular complexity index is 814. The van der Waals surface area contributed by atoms with Crippen LogP contribution in [-0.4, -0.2) is 203 Å². The second-order valence-corrected chi connectivity index (χ2v) is 12.1. The standard InChI is InChI=1S/C31H55Br2NO16/c32-28-29(33)31(38)34(30(28)37)2-1-3-39-4-5-40-6-7-41-8-9-42-10-11-43-12-13-44-14-15-45-16-17-46-18-19-47-20-21-48-22-23-49-24-25-50-26-27(35)36/h28-29H,1-26H2,(H,35,36). The van der Waals surface area contributed by atoms with Crippen molar-refractivity contribution in [1.29, 1.82) is 0 Å². The van der Waals surface area contributed by atoms with Crippen LogP contribution in [0.25, 0.3) is 0 Å². The van der Waals surface area contributed by atoms with E-state index in [0.717, 1.165) is 0 Å². The Morgan fingerprint density at radius 3 is 0.900 bits per heavy atom. The summed E-state index contributed by atoms with van der Waals surface area (Å²) in [5, 5.41) is 8.43.